The van der Waals surface area contributed by atoms with E-state index in [0.717, 1.165) is 30.0 Å². The molecule has 1 atom stereocenters. The predicted molar refractivity (Wildman–Crippen MR) is 82.6 cm³/mol. The minimum atomic E-state index is -0.126. The summed E-state index contributed by atoms with van der Waals surface area (Å²) in [5.41, 5.74) is -0.126. The Balaban J connectivity index is 2.36. The van der Waals surface area contributed by atoms with Gasteiger partial charge < -0.3 is 10.4 Å². The second-order valence-corrected chi connectivity index (χ2v) is 6.33. The summed E-state index contributed by atoms with van der Waals surface area (Å²) in [6, 6.07) is 6.39. The Morgan fingerprint density at radius 2 is 2.21 bits per heavy atom. The van der Waals surface area contributed by atoms with E-state index in [0.29, 0.717) is 6.04 Å². The van der Waals surface area contributed by atoms with Crippen LogP contribution in [0.4, 0.5) is 0 Å². The van der Waals surface area contributed by atoms with E-state index in [9.17, 15) is 5.11 Å². The van der Waals surface area contributed by atoms with Crippen molar-refractivity contribution in [3.8, 4) is 0 Å². The van der Waals surface area contributed by atoms with Crippen LogP contribution in [-0.2, 0) is 0 Å². The normalized spacial score (nSPS) is 14.6. The van der Waals surface area contributed by atoms with Gasteiger partial charge in [0.1, 0.15) is 0 Å². The third-order valence-electron chi connectivity index (χ3n) is 3.26. The van der Waals surface area contributed by atoms with Gasteiger partial charge in [-0.1, -0.05) is 26.8 Å². The number of pyridine rings is 1. The zero-order valence-electron chi connectivity index (χ0n) is 12.2. The summed E-state index contributed by atoms with van der Waals surface area (Å²) >= 11 is 1.78. The molecule has 4 heteroatoms. The minimum Gasteiger partial charge on any atom is -0.394 e. The molecule has 0 aromatic carbocycles. The summed E-state index contributed by atoms with van der Waals surface area (Å²) < 4.78 is 0. The maximum atomic E-state index is 9.66. The molecule has 0 radical (unpaired) electrons. The molecule has 0 spiro atoms. The van der Waals surface area contributed by atoms with Gasteiger partial charge in [0.2, 0.25) is 0 Å². The quantitative estimate of drug-likeness (QED) is 0.540. The van der Waals surface area contributed by atoms with E-state index in [4.69, 9.17) is 0 Å². The van der Waals surface area contributed by atoms with Crippen LogP contribution in [0.1, 0.15) is 40.0 Å². The largest absolute Gasteiger partial charge is 0.394 e. The van der Waals surface area contributed by atoms with E-state index < -0.39 is 0 Å². The molecule has 0 aliphatic heterocycles. The lowest BCUT2D eigenvalue weighted by Crippen LogP contribution is -2.51. The topological polar surface area (TPSA) is 45.2 Å². The first-order valence-electron chi connectivity index (χ1n) is 7.04. The van der Waals surface area contributed by atoms with Gasteiger partial charge in [0.15, 0.2) is 0 Å². The number of thioether (sulfide) groups is 1. The van der Waals surface area contributed by atoms with Crippen LogP contribution in [0.5, 0.6) is 0 Å². The van der Waals surface area contributed by atoms with Crippen molar-refractivity contribution in [3.05, 3.63) is 24.4 Å². The number of nitrogens with zero attached hydrogens (tertiary/aromatic N) is 1. The van der Waals surface area contributed by atoms with Gasteiger partial charge in [-0.15, -0.1) is 11.8 Å². The third kappa shape index (κ3) is 5.93. The van der Waals surface area contributed by atoms with E-state index in [2.05, 4.69) is 31.1 Å². The van der Waals surface area contributed by atoms with Crippen LogP contribution in [0.15, 0.2) is 29.4 Å². The number of rotatable bonds is 9. The van der Waals surface area contributed by atoms with E-state index in [-0.39, 0.29) is 12.1 Å². The molecule has 0 saturated carbocycles. The van der Waals surface area contributed by atoms with Gasteiger partial charge in [-0.3, -0.25) is 0 Å². The average Bonchev–Trinajstić information content (AvgIpc) is 2.43. The molecule has 0 saturated heterocycles. The molecule has 2 N–H and O–H groups in total. The van der Waals surface area contributed by atoms with E-state index in [1.165, 1.54) is 0 Å². The molecule has 0 aliphatic rings. The molecule has 0 fully saturated rings. The molecule has 0 bridgehead atoms. The lowest BCUT2D eigenvalue weighted by Gasteiger charge is -2.34. The zero-order valence-corrected chi connectivity index (χ0v) is 13.0. The highest BCUT2D eigenvalue weighted by Gasteiger charge is 2.26. The molecule has 1 aromatic heterocycles. The average molecular weight is 282 g/mol. The van der Waals surface area contributed by atoms with Gasteiger partial charge in [-0.05, 0) is 37.1 Å². The Morgan fingerprint density at radius 3 is 2.74 bits per heavy atom. The maximum Gasteiger partial charge on any atom is 0.0959 e. The summed E-state index contributed by atoms with van der Waals surface area (Å²) in [5, 5.41) is 14.3. The van der Waals surface area contributed by atoms with Crippen molar-refractivity contribution in [2.45, 2.75) is 56.6 Å². The van der Waals surface area contributed by atoms with E-state index in [1.807, 2.05) is 24.4 Å². The van der Waals surface area contributed by atoms with Crippen LogP contribution in [-0.4, -0.2) is 34.0 Å². The number of aliphatic hydroxyl groups is 1. The summed E-state index contributed by atoms with van der Waals surface area (Å²) in [6.45, 7) is 6.60. The van der Waals surface area contributed by atoms with Crippen molar-refractivity contribution in [1.29, 1.82) is 0 Å². The van der Waals surface area contributed by atoms with Gasteiger partial charge in [0.05, 0.1) is 11.6 Å². The van der Waals surface area contributed by atoms with E-state index in [1.54, 1.807) is 11.8 Å². The molecule has 1 heterocycles. The first-order valence-corrected chi connectivity index (χ1v) is 8.03. The number of hydrogen-bond acceptors (Lipinski definition) is 4. The molecular formula is C15H26N2OS. The Bertz CT molecular complexity index is 339. The molecule has 3 nitrogen and oxygen atoms in total. The minimum absolute atomic E-state index is 0.126. The third-order valence-corrected chi connectivity index (χ3v) is 4.29. The highest BCUT2D eigenvalue weighted by molar-refractivity contribution is 7.99. The van der Waals surface area contributed by atoms with E-state index >= 15 is 0 Å². The Labute approximate surface area is 121 Å². The van der Waals surface area contributed by atoms with Crippen LogP contribution in [0, 0.1) is 0 Å². The van der Waals surface area contributed by atoms with Crippen molar-refractivity contribution in [1.82, 2.24) is 10.3 Å². The molecule has 19 heavy (non-hydrogen) atoms. The molecule has 108 valence electrons. The molecule has 0 aliphatic carbocycles. The lowest BCUT2D eigenvalue weighted by molar-refractivity contribution is 0.137. The van der Waals surface area contributed by atoms with Crippen LogP contribution in [0.2, 0.25) is 0 Å². The summed E-state index contributed by atoms with van der Waals surface area (Å²) in [4.78, 5) is 4.30. The smallest absolute Gasteiger partial charge is 0.0959 e. The fraction of sp³-hybridized carbons (Fsp3) is 0.667. The van der Waals surface area contributed by atoms with Gasteiger partial charge in [0, 0.05) is 17.8 Å². The summed E-state index contributed by atoms with van der Waals surface area (Å²) in [5.74, 6) is 1.04. The van der Waals surface area contributed by atoms with Gasteiger partial charge >= 0.3 is 0 Å². The maximum absolute atomic E-state index is 9.66. The molecule has 1 aromatic rings. The Kier molecular flexibility index (Phi) is 7.42. The number of nitrogens with one attached hydrogen (secondary N) is 1. The summed E-state index contributed by atoms with van der Waals surface area (Å²) in [7, 11) is 0. The predicted octanol–water partition coefficient (Wildman–Crippen LogP) is 3.09. The van der Waals surface area contributed by atoms with Crippen molar-refractivity contribution >= 4 is 11.8 Å². The Hall–Kier alpha value is -0.580. The zero-order chi connectivity index (χ0) is 14.1. The number of aliphatic hydroxyl groups excluding tert-OH is 1. The SMILES string of the molecule is CCC(CO)(CCCSc1ccccn1)NC(C)C. The highest BCUT2D eigenvalue weighted by atomic mass is 32.2. The lowest BCUT2D eigenvalue weighted by atomic mass is 9.91. The Morgan fingerprint density at radius 1 is 1.42 bits per heavy atom. The van der Waals surface area contributed by atoms with Crippen LogP contribution in [0.25, 0.3) is 0 Å². The number of aromatic nitrogens is 1. The molecular weight excluding hydrogens is 256 g/mol. The van der Waals surface area contributed by atoms with Gasteiger partial charge in [-0.2, -0.15) is 0 Å². The highest BCUT2D eigenvalue weighted by Crippen LogP contribution is 2.22. The summed E-state index contributed by atoms with van der Waals surface area (Å²) in [6.07, 6.45) is 4.86. The van der Waals surface area contributed by atoms with Crippen molar-refractivity contribution in [2.75, 3.05) is 12.4 Å². The monoisotopic (exact) mass is 282 g/mol. The fourth-order valence-electron chi connectivity index (χ4n) is 2.22. The first kappa shape index (κ1) is 16.5. The molecule has 1 unspecified atom stereocenters. The first-order chi connectivity index (χ1) is 9.12. The van der Waals surface area contributed by atoms with Crippen LogP contribution < -0.4 is 5.32 Å². The van der Waals surface area contributed by atoms with Crippen LogP contribution in [0.3, 0.4) is 0 Å². The van der Waals surface area contributed by atoms with Crippen molar-refractivity contribution in [2.24, 2.45) is 0 Å². The second kappa shape index (κ2) is 8.56. The van der Waals surface area contributed by atoms with Crippen molar-refractivity contribution in [3.63, 3.8) is 0 Å². The van der Waals surface area contributed by atoms with Gasteiger partial charge in [0.25, 0.3) is 0 Å². The molecule has 1 rings (SSSR count). The van der Waals surface area contributed by atoms with Crippen molar-refractivity contribution < 1.29 is 5.11 Å². The van der Waals surface area contributed by atoms with Gasteiger partial charge in [-0.25, -0.2) is 4.98 Å². The fourth-order valence-corrected chi connectivity index (χ4v) is 3.03. The van der Waals surface area contributed by atoms with Crippen LogP contribution >= 0.6 is 11.8 Å². The number of hydrogen-bond donors (Lipinski definition) is 2. The molecule has 0 amide bonds. The second-order valence-electron chi connectivity index (χ2n) is 5.21. The standard InChI is InChI=1S/C15H26N2OS/c1-4-15(12-18,17-13(2)3)9-7-11-19-14-8-5-6-10-16-14/h5-6,8,10,13,17-18H,4,7,9,11-12H2,1-3H3.